The van der Waals surface area contributed by atoms with Crippen LogP contribution >= 0.6 is 0 Å². The second-order valence-electron chi connectivity index (χ2n) is 5.59. The molecule has 130 valence electrons. The average molecular weight is 343 g/mol. The van der Waals surface area contributed by atoms with Crippen molar-refractivity contribution in [1.82, 2.24) is 4.98 Å². The molecule has 0 saturated heterocycles. The zero-order chi connectivity index (χ0) is 18.2. The summed E-state index contributed by atoms with van der Waals surface area (Å²) < 4.78 is 11.9. The molecule has 3 nitrogen and oxygen atoms in total. The Labute approximate surface area is 154 Å². The molecule has 1 aromatic heterocycles. The number of allylic oxidation sites excluding steroid dienone is 2. The van der Waals surface area contributed by atoms with Crippen molar-refractivity contribution in [2.24, 2.45) is 0 Å². The summed E-state index contributed by atoms with van der Waals surface area (Å²) in [6, 6.07) is 21.2. The van der Waals surface area contributed by atoms with Crippen LogP contribution in [0.4, 0.5) is 0 Å². The van der Waals surface area contributed by atoms with Crippen LogP contribution in [0.5, 0.6) is 23.3 Å². The highest BCUT2D eigenvalue weighted by Gasteiger charge is 2.07. The third-order valence-corrected chi connectivity index (χ3v) is 3.66. The summed E-state index contributed by atoms with van der Waals surface area (Å²) in [5.74, 6) is 2.49. The predicted octanol–water partition coefficient (Wildman–Crippen LogP) is 6.73. The highest BCUT2D eigenvalue weighted by atomic mass is 16.5. The smallest absolute Gasteiger partial charge is 0.222 e. The molecule has 0 bridgehead atoms. The van der Waals surface area contributed by atoms with Crippen LogP contribution in [0.2, 0.25) is 0 Å². The van der Waals surface area contributed by atoms with E-state index in [9.17, 15) is 0 Å². The van der Waals surface area contributed by atoms with Crippen LogP contribution in [0, 0.1) is 0 Å². The molecule has 26 heavy (non-hydrogen) atoms. The van der Waals surface area contributed by atoms with Crippen LogP contribution in [0.15, 0.2) is 78.9 Å². The molecule has 0 saturated carbocycles. The van der Waals surface area contributed by atoms with Gasteiger partial charge in [0.05, 0.1) is 0 Å². The monoisotopic (exact) mass is 343 g/mol. The Balaban J connectivity index is 1.84. The first-order valence-electron chi connectivity index (χ1n) is 8.56. The number of rotatable bonds is 6. The molecule has 3 heteroatoms. The lowest BCUT2D eigenvalue weighted by Gasteiger charge is -2.11. The van der Waals surface area contributed by atoms with Crippen molar-refractivity contribution in [2.75, 3.05) is 0 Å². The molecule has 0 radical (unpaired) electrons. The number of nitrogens with zero attached hydrogens (tertiary/aromatic N) is 1. The standard InChI is InChI=1S/C23H21NO2/c1-3-10-18-12-5-7-14-20(18)25-22-16-9-17-23(24-22)26-21-15-8-6-13-19(21)11-4-2/h3-17H,1-2H3. The Morgan fingerprint density at radius 3 is 1.54 bits per heavy atom. The molecule has 0 spiro atoms. The first-order chi connectivity index (χ1) is 12.8. The van der Waals surface area contributed by atoms with Crippen LogP contribution < -0.4 is 9.47 Å². The van der Waals surface area contributed by atoms with Crippen LogP contribution in [0.1, 0.15) is 25.0 Å². The van der Waals surface area contributed by atoms with Gasteiger partial charge in [0.1, 0.15) is 11.5 Å². The summed E-state index contributed by atoms with van der Waals surface area (Å²) in [6.45, 7) is 3.96. The third-order valence-electron chi connectivity index (χ3n) is 3.66. The number of para-hydroxylation sites is 2. The van der Waals surface area contributed by atoms with Crippen LogP contribution in [-0.2, 0) is 0 Å². The van der Waals surface area contributed by atoms with Gasteiger partial charge in [-0.25, -0.2) is 0 Å². The van der Waals surface area contributed by atoms with Gasteiger partial charge in [-0.2, -0.15) is 4.98 Å². The molecule has 0 unspecified atom stereocenters. The van der Waals surface area contributed by atoms with E-state index in [0.717, 1.165) is 22.6 Å². The van der Waals surface area contributed by atoms with Gasteiger partial charge in [0.2, 0.25) is 11.8 Å². The number of hydrogen-bond acceptors (Lipinski definition) is 3. The summed E-state index contributed by atoms with van der Waals surface area (Å²) in [6.07, 6.45) is 7.96. The summed E-state index contributed by atoms with van der Waals surface area (Å²) in [4.78, 5) is 4.47. The topological polar surface area (TPSA) is 31.4 Å². The summed E-state index contributed by atoms with van der Waals surface area (Å²) in [5.41, 5.74) is 2.00. The minimum Gasteiger partial charge on any atom is -0.438 e. The van der Waals surface area contributed by atoms with Crippen molar-refractivity contribution in [2.45, 2.75) is 13.8 Å². The molecule has 0 aliphatic heterocycles. The van der Waals surface area contributed by atoms with Crippen molar-refractivity contribution in [3.63, 3.8) is 0 Å². The van der Waals surface area contributed by atoms with E-state index in [2.05, 4.69) is 4.98 Å². The molecule has 0 atom stereocenters. The molecule has 0 N–H and O–H groups in total. The average Bonchev–Trinajstić information content (AvgIpc) is 2.66. The lowest BCUT2D eigenvalue weighted by molar-refractivity contribution is 0.425. The maximum absolute atomic E-state index is 5.96. The van der Waals surface area contributed by atoms with Crippen molar-refractivity contribution < 1.29 is 9.47 Å². The molecule has 3 aromatic rings. The molecule has 0 fully saturated rings. The zero-order valence-corrected chi connectivity index (χ0v) is 14.9. The highest BCUT2D eigenvalue weighted by molar-refractivity contribution is 5.58. The Hall–Kier alpha value is -3.33. The fourth-order valence-electron chi connectivity index (χ4n) is 2.52. The van der Waals surface area contributed by atoms with E-state index in [-0.39, 0.29) is 0 Å². The van der Waals surface area contributed by atoms with Gasteiger partial charge in [-0.1, -0.05) is 66.8 Å². The Bertz CT molecular complexity index is 856. The molecular formula is C23H21NO2. The van der Waals surface area contributed by atoms with Gasteiger partial charge in [0.15, 0.2) is 0 Å². The SMILES string of the molecule is CC=Cc1ccccc1Oc1cccc(Oc2ccccc2C=CC)n1. The number of hydrogen-bond donors (Lipinski definition) is 0. The Morgan fingerprint density at radius 2 is 1.08 bits per heavy atom. The summed E-state index contributed by atoms with van der Waals surface area (Å²) in [7, 11) is 0. The van der Waals surface area contributed by atoms with E-state index in [1.54, 1.807) is 0 Å². The molecule has 3 rings (SSSR count). The summed E-state index contributed by atoms with van der Waals surface area (Å²) in [5, 5.41) is 0. The fraction of sp³-hybridized carbons (Fsp3) is 0.0870. The van der Waals surface area contributed by atoms with Crippen molar-refractivity contribution in [3.05, 3.63) is 90.0 Å². The molecule has 0 aliphatic rings. The van der Waals surface area contributed by atoms with Crippen LogP contribution in [0.25, 0.3) is 12.2 Å². The fourth-order valence-corrected chi connectivity index (χ4v) is 2.52. The number of ether oxygens (including phenoxy) is 2. The van der Waals surface area contributed by atoms with E-state index in [4.69, 9.17) is 9.47 Å². The minimum atomic E-state index is 0.489. The molecular weight excluding hydrogens is 322 g/mol. The van der Waals surface area contributed by atoms with E-state index in [1.807, 2.05) is 105 Å². The predicted molar refractivity (Wildman–Crippen MR) is 107 cm³/mol. The van der Waals surface area contributed by atoms with E-state index >= 15 is 0 Å². The van der Waals surface area contributed by atoms with Gasteiger partial charge in [0, 0.05) is 23.3 Å². The van der Waals surface area contributed by atoms with E-state index < -0.39 is 0 Å². The minimum absolute atomic E-state index is 0.489. The van der Waals surface area contributed by atoms with Gasteiger partial charge >= 0.3 is 0 Å². The quantitative estimate of drug-likeness (QED) is 0.497. The van der Waals surface area contributed by atoms with Gasteiger partial charge in [-0.05, 0) is 26.0 Å². The highest BCUT2D eigenvalue weighted by Crippen LogP contribution is 2.29. The zero-order valence-electron chi connectivity index (χ0n) is 14.9. The third kappa shape index (κ3) is 4.39. The normalized spacial score (nSPS) is 11.2. The van der Waals surface area contributed by atoms with Crippen molar-refractivity contribution in [3.8, 4) is 23.3 Å². The summed E-state index contributed by atoms with van der Waals surface area (Å²) >= 11 is 0. The van der Waals surface area contributed by atoms with Crippen LogP contribution in [-0.4, -0.2) is 4.98 Å². The maximum atomic E-state index is 5.96. The number of aromatic nitrogens is 1. The van der Waals surface area contributed by atoms with Crippen molar-refractivity contribution >= 4 is 12.2 Å². The van der Waals surface area contributed by atoms with Gasteiger partial charge in [-0.3, -0.25) is 0 Å². The van der Waals surface area contributed by atoms with Gasteiger partial charge < -0.3 is 9.47 Å². The van der Waals surface area contributed by atoms with Gasteiger partial charge in [-0.15, -0.1) is 0 Å². The Kier molecular flexibility index (Phi) is 5.84. The Morgan fingerprint density at radius 1 is 0.615 bits per heavy atom. The van der Waals surface area contributed by atoms with Gasteiger partial charge in [0.25, 0.3) is 0 Å². The first-order valence-corrected chi connectivity index (χ1v) is 8.56. The lowest BCUT2D eigenvalue weighted by atomic mass is 10.2. The molecule has 0 aliphatic carbocycles. The number of pyridine rings is 1. The van der Waals surface area contributed by atoms with E-state index in [1.165, 1.54) is 0 Å². The number of benzene rings is 2. The van der Waals surface area contributed by atoms with Crippen LogP contribution in [0.3, 0.4) is 0 Å². The second-order valence-corrected chi connectivity index (χ2v) is 5.59. The molecule has 0 amide bonds. The first kappa shape index (κ1) is 17.5. The molecule has 1 heterocycles. The van der Waals surface area contributed by atoms with Crippen molar-refractivity contribution in [1.29, 1.82) is 0 Å². The maximum Gasteiger partial charge on any atom is 0.222 e. The second kappa shape index (κ2) is 8.67. The lowest BCUT2D eigenvalue weighted by Crippen LogP contribution is -1.94. The van der Waals surface area contributed by atoms with E-state index in [0.29, 0.717) is 11.8 Å². The molecule has 2 aromatic carbocycles. The largest absolute Gasteiger partial charge is 0.438 e.